The van der Waals surface area contributed by atoms with Gasteiger partial charge in [-0.2, -0.15) is 0 Å². The summed E-state index contributed by atoms with van der Waals surface area (Å²) in [5.41, 5.74) is 4.84. The molecule has 2 aromatic carbocycles. The average Bonchev–Trinajstić information content (AvgIpc) is 2.45. The van der Waals surface area contributed by atoms with Gasteiger partial charge in [0.15, 0.2) is 0 Å². The highest BCUT2D eigenvalue weighted by molar-refractivity contribution is 5.76. The minimum Gasteiger partial charge on any atom is -0.299 e. The highest BCUT2D eigenvalue weighted by Gasteiger charge is 2.03. The van der Waals surface area contributed by atoms with Gasteiger partial charge in [-0.3, -0.25) is 4.79 Å². The van der Waals surface area contributed by atoms with E-state index >= 15 is 0 Å². The van der Waals surface area contributed by atoms with Gasteiger partial charge in [-0.25, -0.2) is 0 Å². The fraction of sp³-hybridized carbons (Fsp3) is 0.118. The monoisotopic (exact) mass is 236 g/mol. The Hall–Kier alpha value is -2.15. The van der Waals surface area contributed by atoms with E-state index in [1.165, 1.54) is 22.8 Å². The Bertz CT molecular complexity index is 553. The maximum Gasteiger partial charge on any atom is 0.142 e. The van der Waals surface area contributed by atoms with Crippen LogP contribution < -0.4 is 0 Å². The van der Waals surface area contributed by atoms with E-state index in [1.807, 2.05) is 30.3 Å². The molecule has 0 N–H and O–H groups in total. The summed E-state index contributed by atoms with van der Waals surface area (Å²) in [4.78, 5) is 10.4. The molecular weight excluding hydrogens is 220 g/mol. The van der Waals surface area contributed by atoms with Crippen molar-refractivity contribution in [1.82, 2.24) is 0 Å². The first-order chi connectivity index (χ1) is 8.85. The van der Waals surface area contributed by atoms with Gasteiger partial charge in [0.25, 0.3) is 0 Å². The fourth-order valence-corrected chi connectivity index (χ4v) is 2.04. The zero-order valence-corrected chi connectivity index (χ0v) is 10.5. The van der Waals surface area contributed by atoms with Gasteiger partial charge in [0, 0.05) is 0 Å². The predicted molar refractivity (Wildman–Crippen MR) is 76.4 cm³/mol. The number of rotatable bonds is 4. The molecule has 0 spiro atoms. The highest BCUT2D eigenvalue weighted by Crippen LogP contribution is 2.25. The van der Waals surface area contributed by atoms with Crippen molar-refractivity contribution in [1.29, 1.82) is 0 Å². The molecule has 0 atom stereocenters. The van der Waals surface area contributed by atoms with Crippen LogP contribution >= 0.6 is 0 Å². The number of hydrogen-bond donors (Lipinski definition) is 0. The Balaban J connectivity index is 2.49. The first-order valence-electron chi connectivity index (χ1n) is 6.15. The van der Waals surface area contributed by atoms with Crippen molar-refractivity contribution in [3.05, 3.63) is 65.7 Å². The van der Waals surface area contributed by atoms with E-state index in [1.54, 1.807) is 0 Å². The average molecular weight is 236 g/mol. The normalized spacial score (nSPS) is 10.7. The number of allylic oxidation sites excluding steroid dienone is 1. The number of aryl methyl sites for hydroxylation is 1. The molecule has 2 rings (SSSR count). The summed E-state index contributed by atoms with van der Waals surface area (Å²) >= 11 is 0. The van der Waals surface area contributed by atoms with Gasteiger partial charge in [-0.15, -0.1) is 0 Å². The lowest BCUT2D eigenvalue weighted by Crippen LogP contribution is -1.88. The molecule has 0 aliphatic carbocycles. The van der Waals surface area contributed by atoms with Crippen molar-refractivity contribution >= 4 is 12.4 Å². The first-order valence-corrected chi connectivity index (χ1v) is 6.15. The lowest BCUT2D eigenvalue weighted by atomic mass is 9.96. The standard InChI is InChI=1S/C17H16O/c1-2-15-11-10-14(7-6-12-18)13-17(15)16-8-4-3-5-9-16/h3-13H,2H2,1H3. The second kappa shape index (κ2) is 5.97. The van der Waals surface area contributed by atoms with Crippen molar-refractivity contribution in [2.45, 2.75) is 13.3 Å². The molecule has 0 heterocycles. The molecule has 1 heteroatoms. The van der Waals surface area contributed by atoms with E-state index in [0.717, 1.165) is 18.3 Å². The molecule has 0 saturated heterocycles. The van der Waals surface area contributed by atoms with Crippen molar-refractivity contribution in [2.24, 2.45) is 0 Å². The zero-order valence-electron chi connectivity index (χ0n) is 10.5. The van der Waals surface area contributed by atoms with Crippen LogP contribution in [0.25, 0.3) is 17.2 Å². The van der Waals surface area contributed by atoms with Crippen molar-refractivity contribution < 1.29 is 4.79 Å². The van der Waals surface area contributed by atoms with Crippen LogP contribution in [-0.4, -0.2) is 6.29 Å². The molecule has 0 aliphatic heterocycles. The van der Waals surface area contributed by atoms with Crippen LogP contribution in [0.4, 0.5) is 0 Å². The van der Waals surface area contributed by atoms with E-state index in [0.29, 0.717) is 0 Å². The summed E-state index contributed by atoms with van der Waals surface area (Å²) in [7, 11) is 0. The summed E-state index contributed by atoms with van der Waals surface area (Å²) in [6.45, 7) is 2.16. The molecule has 0 fully saturated rings. The van der Waals surface area contributed by atoms with Gasteiger partial charge in [-0.1, -0.05) is 55.5 Å². The molecule has 0 bridgehead atoms. The second-order valence-corrected chi connectivity index (χ2v) is 4.13. The Labute approximate surface area is 108 Å². The lowest BCUT2D eigenvalue weighted by molar-refractivity contribution is -0.104. The molecule has 0 radical (unpaired) electrons. The topological polar surface area (TPSA) is 17.1 Å². The minimum absolute atomic E-state index is 0.802. The quantitative estimate of drug-likeness (QED) is 0.576. The second-order valence-electron chi connectivity index (χ2n) is 4.13. The Kier molecular flexibility index (Phi) is 4.08. The molecule has 2 aromatic rings. The van der Waals surface area contributed by atoms with Crippen LogP contribution in [0.15, 0.2) is 54.6 Å². The predicted octanol–water partition coefficient (Wildman–Crippen LogP) is 4.13. The van der Waals surface area contributed by atoms with Crippen LogP contribution in [-0.2, 0) is 11.2 Å². The third-order valence-corrected chi connectivity index (χ3v) is 2.97. The Morgan fingerprint density at radius 1 is 1.06 bits per heavy atom. The summed E-state index contributed by atoms with van der Waals surface area (Å²) in [6, 6.07) is 16.6. The number of hydrogen-bond acceptors (Lipinski definition) is 1. The molecule has 0 unspecified atom stereocenters. The SMILES string of the molecule is CCc1ccc(C=CC=O)cc1-c1ccccc1. The summed E-state index contributed by atoms with van der Waals surface area (Å²) in [5, 5.41) is 0. The molecular formula is C17H16O. The van der Waals surface area contributed by atoms with Crippen molar-refractivity contribution in [2.75, 3.05) is 0 Å². The third-order valence-electron chi connectivity index (χ3n) is 2.97. The summed E-state index contributed by atoms with van der Waals surface area (Å²) in [5.74, 6) is 0. The summed E-state index contributed by atoms with van der Waals surface area (Å²) in [6.07, 6.45) is 5.16. The third kappa shape index (κ3) is 2.75. The van der Waals surface area contributed by atoms with Crippen LogP contribution in [0.3, 0.4) is 0 Å². The molecule has 0 amide bonds. The molecule has 90 valence electrons. The van der Waals surface area contributed by atoms with Crippen LogP contribution in [0.1, 0.15) is 18.1 Å². The molecule has 1 nitrogen and oxygen atoms in total. The number of carbonyl (C=O) groups excluding carboxylic acids is 1. The van der Waals surface area contributed by atoms with Crippen molar-refractivity contribution in [3.63, 3.8) is 0 Å². The summed E-state index contributed by atoms with van der Waals surface area (Å²) < 4.78 is 0. The maximum atomic E-state index is 10.4. The number of benzene rings is 2. The van der Waals surface area contributed by atoms with E-state index in [-0.39, 0.29) is 0 Å². The molecule has 0 aromatic heterocycles. The Morgan fingerprint density at radius 2 is 1.83 bits per heavy atom. The van der Waals surface area contributed by atoms with Gasteiger partial charge < -0.3 is 0 Å². The van der Waals surface area contributed by atoms with E-state index in [9.17, 15) is 4.79 Å². The largest absolute Gasteiger partial charge is 0.299 e. The first kappa shape index (κ1) is 12.3. The van der Waals surface area contributed by atoms with Crippen LogP contribution in [0, 0.1) is 0 Å². The molecule has 0 aliphatic rings. The van der Waals surface area contributed by atoms with Gasteiger partial charge >= 0.3 is 0 Å². The Morgan fingerprint density at radius 3 is 2.50 bits per heavy atom. The van der Waals surface area contributed by atoms with Crippen molar-refractivity contribution in [3.8, 4) is 11.1 Å². The zero-order chi connectivity index (χ0) is 12.8. The van der Waals surface area contributed by atoms with Gasteiger partial charge in [0.05, 0.1) is 0 Å². The molecule has 0 saturated carbocycles. The lowest BCUT2D eigenvalue weighted by Gasteiger charge is -2.09. The van der Waals surface area contributed by atoms with Crippen LogP contribution in [0.5, 0.6) is 0 Å². The van der Waals surface area contributed by atoms with Gasteiger partial charge in [0.2, 0.25) is 0 Å². The number of carbonyl (C=O) groups is 1. The highest BCUT2D eigenvalue weighted by atomic mass is 16.1. The van der Waals surface area contributed by atoms with E-state index in [2.05, 4.69) is 31.2 Å². The fourth-order valence-electron chi connectivity index (χ4n) is 2.04. The van der Waals surface area contributed by atoms with Gasteiger partial charge in [0.1, 0.15) is 6.29 Å². The van der Waals surface area contributed by atoms with E-state index in [4.69, 9.17) is 0 Å². The molecule has 18 heavy (non-hydrogen) atoms. The van der Waals surface area contributed by atoms with E-state index < -0.39 is 0 Å². The van der Waals surface area contributed by atoms with Crippen LogP contribution in [0.2, 0.25) is 0 Å². The minimum atomic E-state index is 0.802. The van der Waals surface area contributed by atoms with Gasteiger partial charge in [-0.05, 0) is 40.8 Å². The number of aldehydes is 1. The maximum absolute atomic E-state index is 10.4. The smallest absolute Gasteiger partial charge is 0.142 e.